The predicted octanol–water partition coefficient (Wildman–Crippen LogP) is 2.59. The minimum Gasteiger partial charge on any atom is -0.411 e. The fourth-order valence-electron chi connectivity index (χ4n) is 1.37. The summed E-state index contributed by atoms with van der Waals surface area (Å²) >= 11 is 1.37. The zero-order chi connectivity index (χ0) is 13.0. The second-order valence-electron chi connectivity index (χ2n) is 3.59. The Morgan fingerprint density at radius 1 is 1.39 bits per heavy atom. The van der Waals surface area contributed by atoms with Gasteiger partial charge < -0.3 is 10.5 Å². The van der Waals surface area contributed by atoms with E-state index in [0.29, 0.717) is 17.1 Å². The Morgan fingerprint density at radius 3 is 2.67 bits per heavy atom. The Bertz CT molecular complexity index is 562. The number of oxime groups is 1. The van der Waals surface area contributed by atoms with Gasteiger partial charge in [0.05, 0.1) is 11.2 Å². The standard InChI is InChI=1S/C12H11N3O2S/c1-8(15-17)9-2-4-10(5-3-9)14-12(16)11-6-18-7-13-11/h2-7,17H,1H3,(H,14,16)/b15-8+. The average Bonchev–Trinajstić information content (AvgIpc) is 2.92. The first-order chi connectivity index (χ1) is 8.70. The molecule has 6 heteroatoms. The Hall–Kier alpha value is -2.21. The molecule has 1 aromatic heterocycles. The van der Waals surface area contributed by atoms with Gasteiger partial charge in [-0.05, 0) is 24.6 Å². The number of nitrogens with zero attached hydrogens (tertiary/aromatic N) is 2. The van der Waals surface area contributed by atoms with E-state index in [4.69, 9.17) is 5.21 Å². The minimum absolute atomic E-state index is 0.239. The van der Waals surface area contributed by atoms with Crippen molar-refractivity contribution < 1.29 is 10.0 Å². The van der Waals surface area contributed by atoms with E-state index in [9.17, 15) is 4.79 Å². The number of anilines is 1. The molecule has 5 nitrogen and oxygen atoms in total. The molecule has 0 aliphatic heterocycles. The fourth-order valence-corrected chi connectivity index (χ4v) is 1.90. The van der Waals surface area contributed by atoms with Crippen LogP contribution < -0.4 is 5.32 Å². The molecule has 0 spiro atoms. The van der Waals surface area contributed by atoms with Gasteiger partial charge in [0, 0.05) is 11.1 Å². The number of nitrogens with one attached hydrogen (secondary N) is 1. The molecule has 0 aliphatic rings. The van der Waals surface area contributed by atoms with Gasteiger partial charge in [-0.2, -0.15) is 0 Å². The molecular formula is C12H11N3O2S. The molecule has 18 heavy (non-hydrogen) atoms. The summed E-state index contributed by atoms with van der Waals surface area (Å²) in [5.41, 5.74) is 4.00. The predicted molar refractivity (Wildman–Crippen MR) is 70.5 cm³/mol. The third-order valence-corrected chi connectivity index (χ3v) is 2.96. The second-order valence-corrected chi connectivity index (χ2v) is 4.31. The lowest BCUT2D eigenvalue weighted by atomic mass is 10.1. The average molecular weight is 261 g/mol. The van der Waals surface area contributed by atoms with Crippen LogP contribution in [0.3, 0.4) is 0 Å². The molecule has 0 bridgehead atoms. The van der Waals surface area contributed by atoms with Crippen molar-refractivity contribution in [3.8, 4) is 0 Å². The van der Waals surface area contributed by atoms with Gasteiger partial charge in [-0.3, -0.25) is 4.79 Å². The van der Waals surface area contributed by atoms with E-state index in [2.05, 4.69) is 15.5 Å². The van der Waals surface area contributed by atoms with Crippen LogP contribution >= 0.6 is 11.3 Å². The monoisotopic (exact) mass is 261 g/mol. The molecule has 2 rings (SSSR count). The molecule has 0 radical (unpaired) electrons. The Balaban J connectivity index is 2.09. The van der Waals surface area contributed by atoms with E-state index in [1.54, 1.807) is 42.1 Å². The van der Waals surface area contributed by atoms with E-state index >= 15 is 0 Å². The van der Waals surface area contributed by atoms with E-state index in [1.807, 2.05) is 0 Å². The van der Waals surface area contributed by atoms with Crippen LogP contribution in [0.15, 0.2) is 40.3 Å². The molecule has 1 heterocycles. The molecule has 0 fully saturated rings. The minimum atomic E-state index is -0.239. The third-order valence-electron chi connectivity index (χ3n) is 2.38. The SMILES string of the molecule is C/C(=N\O)c1ccc(NC(=O)c2cscn2)cc1. The quantitative estimate of drug-likeness (QED) is 0.506. The topological polar surface area (TPSA) is 74.6 Å². The summed E-state index contributed by atoms with van der Waals surface area (Å²) in [5.74, 6) is -0.239. The molecule has 2 N–H and O–H groups in total. The molecular weight excluding hydrogens is 250 g/mol. The molecule has 0 atom stereocenters. The summed E-state index contributed by atoms with van der Waals surface area (Å²) in [6.45, 7) is 1.70. The number of benzene rings is 1. The summed E-state index contributed by atoms with van der Waals surface area (Å²) in [7, 11) is 0. The summed E-state index contributed by atoms with van der Waals surface area (Å²) in [4.78, 5) is 15.6. The van der Waals surface area contributed by atoms with Gasteiger partial charge in [0.25, 0.3) is 5.91 Å². The van der Waals surface area contributed by atoms with Crippen LogP contribution in [0, 0.1) is 0 Å². The highest BCUT2D eigenvalue weighted by atomic mass is 32.1. The van der Waals surface area contributed by atoms with Gasteiger partial charge in [0.1, 0.15) is 5.69 Å². The largest absolute Gasteiger partial charge is 0.411 e. The summed E-state index contributed by atoms with van der Waals surface area (Å²) in [6.07, 6.45) is 0. The van der Waals surface area contributed by atoms with Crippen LogP contribution in [0.1, 0.15) is 23.0 Å². The zero-order valence-electron chi connectivity index (χ0n) is 9.62. The van der Waals surface area contributed by atoms with Crippen LogP contribution in [-0.4, -0.2) is 21.8 Å². The summed E-state index contributed by atoms with van der Waals surface area (Å²) in [6, 6.07) is 7.03. The molecule has 1 amide bonds. The Labute approximate surface area is 108 Å². The maximum Gasteiger partial charge on any atom is 0.275 e. The number of rotatable bonds is 3. The third kappa shape index (κ3) is 2.72. The number of aromatic nitrogens is 1. The van der Waals surface area contributed by atoms with E-state index in [-0.39, 0.29) is 5.91 Å². The van der Waals surface area contributed by atoms with Gasteiger partial charge in [0.2, 0.25) is 0 Å². The van der Waals surface area contributed by atoms with Crippen LogP contribution in [0.5, 0.6) is 0 Å². The maximum absolute atomic E-state index is 11.7. The van der Waals surface area contributed by atoms with Crippen LogP contribution in [-0.2, 0) is 0 Å². The lowest BCUT2D eigenvalue weighted by Gasteiger charge is -2.04. The van der Waals surface area contributed by atoms with Crippen molar-refractivity contribution in [3.63, 3.8) is 0 Å². The zero-order valence-corrected chi connectivity index (χ0v) is 10.4. The maximum atomic E-state index is 11.7. The highest BCUT2D eigenvalue weighted by Gasteiger charge is 2.07. The van der Waals surface area contributed by atoms with Crippen LogP contribution in [0.25, 0.3) is 0 Å². The van der Waals surface area contributed by atoms with Crippen molar-refractivity contribution in [1.29, 1.82) is 0 Å². The van der Waals surface area contributed by atoms with Crippen molar-refractivity contribution in [2.24, 2.45) is 5.16 Å². The van der Waals surface area contributed by atoms with Gasteiger partial charge >= 0.3 is 0 Å². The van der Waals surface area contributed by atoms with Gasteiger partial charge in [-0.1, -0.05) is 17.3 Å². The van der Waals surface area contributed by atoms with E-state index in [0.717, 1.165) is 5.56 Å². The molecule has 2 aromatic rings. The first-order valence-corrected chi connectivity index (χ1v) is 6.13. The Morgan fingerprint density at radius 2 is 2.11 bits per heavy atom. The molecule has 0 unspecified atom stereocenters. The fraction of sp³-hybridized carbons (Fsp3) is 0.0833. The normalized spacial score (nSPS) is 11.3. The smallest absolute Gasteiger partial charge is 0.275 e. The molecule has 0 aliphatic carbocycles. The first-order valence-electron chi connectivity index (χ1n) is 5.19. The summed E-state index contributed by atoms with van der Waals surface area (Å²) in [5, 5.41) is 16.2. The number of thiazole rings is 1. The number of amides is 1. The highest BCUT2D eigenvalue weighted by molar-refractivity contribution is 7.07. The van der Waals surface area contributed by atoms with Gasteiger partial charge in [0.15, 0.2) is 0 Å². The first kappa shape index (κ1) is 12.3. The number of carbonyl (C=O) groups is 1. The van der Waals surface area contributed by atoms with Crippen molar-refractivity contribution >= 4 is 28.6 Å². The molecule has 0 saturated heterocycles. The molecule has 92 valence electrons. The van der Waals surface area contributed by atoms with Crippen molar-refractivity contribution in [2.75, 3.05) is 5.32 Å². The number of hydrogen-bond donors (Lipinski definition) is 2. The van der Waals surface area contributed by atoms with Crippen LogP contribution in [0.4, 0.5) is 5.69 Å². The lowest BCUT2D eigenvalue weighted by Crippen LogP contribution is -2.12. The van der Waals surface area contributed by atoms with Crippen molar-refractivity contribution in [1.82, 2.24) is 4.98 Å². The van der Waals surface area contributed by atoms with Gasteiger partial charge in [-0.15, -0.1) is 11.3 Å². The van der Waals surface area contributed by atoms with E-state index in [1.165, 1.54) is 11.3 Å². The van der Waals surface area contributed by atoms with E-state index < -0.39 is 0 Å². The summed E-state index contributed by atoms with van der Waals surface area (Å²) < 4.78 is 0. The van der Waals surface area contributed by atoms with Crippen molar-refractivity contribution in [2.45, 2.75) is 6.92 Å². The van der Waals surface area contributed by atoms with Crippen LogP contribution in [0.2, 0.25) is 0 Å². The lowest BCUT2D eigenvalue weighted by molar-refractivity contribution is 0.102. The number of hydrogen-bond acceptors (Lipinski definition) is 5. The number of carbonyl (C=O) groups excluding carboxylic acids is 1. The van der Waals surface area contributed by atoms with Crippen molar-refractivity contribution in [3.05, 3.63) is 46.4 Å². The van der Waals surface area contributed by atoms with Gasteiger partial charge in [-0.25, -0.2) is 4.98 Å². The molecule has 1 aromatic carbocycles. The highest BCUT2D eigenvalue weighted by Crippen LogP contribution is 2.12. The second kappa shape index (κ2) is 5.42. The molecule has 0 saturated carbocycles. The Kier molecular flexibility index (Phi) is 3.69.